The summed E-state index contributed by atoms with van der Waals surface area (Å²) in [5, 5.41) is 18.4. The number of ether oxygens (including phenoxy) is 1. The fourth-order valence-electron chi connectivity index (χ4n) is 3.00. The molecule has 0 bridgehead atoms. The lowest BCUT2D eigenvalue weighted by atomic mass is 9.99. The number of aliphatic carboxylic acids is 1. The lowest BCUT2D eigenvalue weighted by Crippen LogP contribution is -2.04. The number of benzene rings is 3. The zero-order chi connectivity index (χ0) is 19.9. The quantitative estimate of drug-likeness (QED) is 0.656. The van der Waals surface area contributed by atoms with Crippen molar-refractivity contribution in [3.05, 3.63) is 89.0 Å². The van der Waals surface area contributed by atoms with Crippen molar-refractivity contribution < 1.29 is 14.6 Å². The number of carboxylic acid groups (broad SMARTS) is 1. The average Bonchev–Trinajstić information content (AvgIpc) is 2.72. The predicted molar refractivity (Wildman–Crippen MR) is 107 cm³/mol. The van der Waals surface area contributed by atoms with Crippen molar-refractivity contribution in [3.63, 3.8) is 0 Å². The highest BCUT2D eigenvalue weighted by Gasteiger charge is 2.09. The maximum Gasteiger partial charge on any atom is 0.307 e. The molecule has 140 valence electrons. The molecule has 3 rings (SSSR count). The molecule has 0 heterocycles. The van der Waals surface area contributed by atoms with E-state index in [1.54, 1.807) is 30.3 Å². The summed E-state index contributed by atoms with van der Waals surface area (Å²) in [5.41, 5.74) is 10.6. The van der Waals surface area contributed by atoms with E-state index >= 15 is 0 Å². The minimum absolute atomic E-state index is 0.106. The molecule has 5 heteroatoms. The van der Waals surface area contributed by atoms with Crippen LogP contribution in [0.1, 0.15) is 22.3 Å². The number of hydrogen-bond donors (Lipinski definition) is 2. The molecule has 0 unspecified atom stereocenters. The van der Waals surface area contributed by atoms with Gasteiger partial charge in [-0.05, 0) is 52.6 Å². The highest BCUT2D eigenvalue weighted by atomic mass is 16.5. The Morgan fingerprint density at radius 3 is 2.54 bits per heavy atom. The van der Waals surface area contributed by atoms with Gasteiger partial charge >= 0.3 is 5.97 Å². The lowest BCUT2D eigenvalue weighted by molar-refractivity contribution is -0.136. The van der Waals surface area contributed by atoms with Gasteiger partial charge in [-0.1, -0.05) is 36.4 Å². The van der Waals surface area contributed by atoms with Crippen LogP contribution >= 0.6 is 0 Å². The summed E-state index contributed by atoms with van der Waals surface area (Å²) in [6, 6.07) is 22.7. The van der Waals surface area contributed by atoms with Gasteiger partial charge in [0.15, 0.2) is 0 Å². The van der Waals surface area contributed by atoms with Crippen LogP contribution in [0.25, 0.3) is 11.1 Å². The molecular formula is C23H20N2O3. The van der Waals surface area contributed by atoms with Crippen LogP contribution in [0.15, 0.2) is 66.7 Å². The van der Waals surface area contributed by atoms with Crippen LogP contribution in [-0.4, -0.2) is 11.1 Å². The molecule has 0 aliphatic heterocycles. The molecule has 0 amide bonds. The van der Waals surface area contributed by atoms with Gasteiger partial charge in [0.2, 0.25) is 0 Å². The van der Waals surface area contributed by atoms with E-state index in [0.717, 1.165) is 22.3 Å². The largest absolute Gasteiger partial charge is 0.489 e. The van der Waals surface area contributed by atoms with Crippen molar-refractivity contribution in [2.75, 3.05) is 0 Å². The first-order chi connectivity index (χ1) is 13.6. The summed E-state index contributed by atoms with van der Waals surface area (Å²) >= 11 is 0. The van der Waals surface area contributed by atoms with Crippen molar-refractivity contribution in [3.8, 4) is 22.9 Å². The number of carbonyl (C=O) groups is 1. The fraction of sp³-hybridized carbons (Fsp3) is 0.130. The molecule has 0 fully saturated rings. The first kappa shape index (κ1) is 19.2. The maximum absolute atomic E-state index is 11.0. The topological polar surface area (TPSA) is 96.3 Å². The fourth-order valence-corrected chi connectivity index (χ4v) is 3.00. The predicted octanol–water partition coefficient (Wildman–Crippen LogP) is 3.89. The van der Waals surface area contributed by atoms with E-state index in [-0.39, 0.29) is 13.0 Å². The van der Waals surface area contributed by atoms with Crippen LogP contribution in [-0.2, 0) is 24.4 Å². The molecule has 0 radical (unpaired) electrons. The summed E-state index contributed by atoms with van der Waals surface area (Å²) < 4.78 is 5.87. The van der Waals surface area contributed by atoms with Crippen molar-refractivity contribution in [1.82, 2.24) is 0 Å². The Morgan fingerprint density at radius 2 is 1.79 bits per heavy atom. The number of nitrogens with zero attached hydrogens (tertiary/aromatic N) is 1. The van der Waals surface area contributed by atoms with E-state index in [1.807, 2.05) is 36.4 Å². The van der Waals surface area contributed by atoms with E-state index < -0.39 is 5.97 Å². The van der Waals surface area contributed by atoms with Crippen molar-refractivity contribution in [1.29, 1.82) is 5.26 Å². The molecule has 0 aromatic heterocycles. The molecule has 3 aromatic carbocycles. The number of para-hydroxylation sites is 1. The van der Waals surface area contributed by atoms with E-state index in [9.17, 15) is 10.1 Å². The summed E-state index contributed by atoms with van der Waals surface area (Å²) in [7, 11) is 0. The Labute approximate surface area is 163 Å². The van der Waals surface area contributed by atoms with E-state index in [0.29, 0.717) is 23.4 Å². The molecule has 28 heavy (non-hydrogen) atoms. The van der Waals surface area contributed by atoms with Gasteiger partial charge in [-0.2, -0.15) is 5.26 Å². The normalized spacial score (nSPS) is 10.3. The second-order valence-electron chi connectivity index (χ2n) is 6.40. The molecule has 0 spiro atoms. The van der Waals surface area contributed by atoms with Gasteiger partial charge in [0.25, 0.3) is 0 Å². The van der Waals surface area contributed by atoms with Crippen LogP contribution in [0.2, 0.25) is 0 Å². The molecule has 0 atom stereocenters. The van der Waals surface area contributed by atoms with Gasteiger partial charge < -0.3 is 15.6 Å². The zero-order valence-corrected chi connectivity index (χ0v) is 15.3. The first-order valence-electron chi connectivity index (χ1n) is 8.85. The van der Waals surface area contributed by atoms with Gasteiger partial charge in [0.05, 0.1) is 18.1 Å². The lowest BCUT2D eigenvalue weighted by Gasteiger charge is -2.12. The van der Waals surface area contributed by atoms with Gasteiger partial charge in [-0.25, -0.2) is 0 Å². The second-order valence-corrected chi connectivity index (χ2v) is 6.40. The van der Waals surface area contributed by atoms with Gasteiger partial charge in [0.1, 0.15) is 12.4 Å². The Balaban J connectivity index is 1.87. The minimum atomic E-state index is -0.912. The van der Waals surface area contributed by atoms with Gasteiger partial charge in [0, 0.05) is 12.1 Å². The maximum atomic E-state index is 11.0. The van der Waals surface area contributed by atoms with Crippen LogP contribution < -0.4 is 10.5 Å². The molecule has 3 N–H and O–H groups in total. The summed E-state index contributed by atoms with van der Waals surface area (Å²) in [6.07, 6.45) is -0.106. The number of carboxylic acids is 1. The molecule has 3 aromatic rings. The third-order valence-corrected chi connectivity index (χ3v) is 4.33. The Bertz CT molecular complexity index is 1040. The number of nitriles is 1. The van der Waals surface area contributed by atoms with Crippen molar-refractivity contribution in [2.24, 2.45) is 5.73 Å². The number of hydrogen-bond acceptors (Lipinski definition) is 4. The van der Waals surface area contributed by atoms with E-state index in [4.69, 9.17) is 15.6 Å². The van der Waals surface area contributed by atoms with E-state index in [1.165, 1.54) is 0 Å². The minimum Gasteiger partial charge on any atom is -0.489 e. The third-order valence-electron chi connectivity index (χ3n) is 4.33. The zero-order valence-electron chi connectivity index (χ0n) is 15.3. The Morgan fingerprint density at radius 1 is 1.00 bits per heavy atom. The first-order valence-corrected chi connectivity index (χ1v) is 8.85. The van der Waals surface area contributed by atoms with Gasteiger partial charge in [-0.3, -0.25) is 4.79 Å². The van der Waals surface area contributed by atoms with Crippen LogP contribution in [0.3, 0.4) is 0 Å². The summed E-state index contributed by atoms with van der Waals surface area (Å²) in [5.74, 6) is -0.386. The highest BCUT2D eigenvalue weighted by Crippen LogP contribution is 2.25. The third kappa shape index (κ3) is 4.76. The monoisotopic (exact) mass is 372 g/mol. The van der Waals surface area contributed by atoms with E-state index in [2.05, 4.69) is 6.07 Å². The molecule has 5 nitrogen and oxygen atoms in total. The summed E-state index contributed by atoms with van der Waals surface area (Å²) in [4.78, 5) is 11.0. The van der Waals surface area contributed by atoms with Gasteiger partial charge in [-0.15, -0.1) is 0 Å². The molecule has 0 saturated heterocycles. The molecular weight excluding hydrogens is 352 g/mol. The van der Waals surface area contributed by atoms with Crippen molar-refractivity contribution in [2.45, 2.75) is 19.6 Å². The molecule has 0 saturated carbocycles. The van der Waals surface area contributed by atoms with Crippen LogP contribution in [0.4, 0.5) is 0 Å². The number of rotatable bonds is 7. The summed E-state index contributed by atoms with van der Waals surface area (Å²) in [6.45, 7) is 0.678. The van der Waals surface area contributed by atoms with Crippen LogP contribution in [0, 0.1) is 11.3 Å². The molecule has 0 aliphatic carbocycles. The van der Waals surface area contributed by atoms with Crippen LogP contribution in [0.5, 0.6) is 5.75 Å². The standard InChI is InChI=1S/C23H20N2O3/c24-13-16-4-3-6-19(9-16)21-10-17(14-25)8-18(11-21)15-28-22-7-2-1-5-20(22)12-23(26)27/h1-11H,12-13,15,24H2,(H,26,27). The highest BCUT2D eigenvalue weighted by molar-refractivity contribution is 5.71. The SMILES string of the molecule is N#Cc1cc(COc2ccccc2CC(=O)O)cc(-c2cccc(CN)c2)c1. The number of nitrogens with two attached hydrogens (primary N) is 1. The second kappa shape index (κ2) is 8.85. The Kier molecular flexibility index (Phi) is 6.05. The smallest absolute Gasteiger partial charge is 0.307 e. The molecule has 0 aliphatic rings. The van der Waals surface area contributed by atoms with Crippen molar-refractivity contribution >= 4 is 5.97 Å². The Hall–Kier alpha value is -3.62. The average molecular weight is 372 g/mol.